The highest BCUT2D eigenvalue weighted by molar-refractivity contribution is 6.26. The summed E-state index contributed by atoms with van der Waals surface area (Å²) in [5, 5.41) is 7.48. The summed E-state index contributed by atoms with van der Waals surface area (Å²) in [5.74, 6) is 0. The number of nitrogens with zero attached hydrogens (tertiary/aromatic N) is 4. The topological polar surface area (TPSA) is 51.6 Å². The van der Waals surface area contributed by atoms with E-state index < -0.39 is 0 Å². The Morgan fingerprint density at radius 2 is 0.812 bits per heavy atom. The Balaban J connectivity index is 1.18. The average Bonchev–Trinajstić information content (AvgIpc) is 3.18. The summed E-state index contributed by atoms with van der Waals surface area (Å²) in [6.45, 7) is 0. The molecule has 0 aliphatic rings. The first kappa shape index (κ1) is 27.8. The number of pyridine rings is 4. The smallest absolute Gasteiger partial charge is 0.0900 e. The molecule has 4 heterocycles. The number of fused-ring (bicyclic) bond motifs is 6. The molecule has 0 saturated heterocycles. The van der Waals surface area contributed by atoms with E-state index >= 15 is 0 Å². The van der Waals surface area contributed by atoms with Crippen LogP contribution in [0.4, 0.5) is 0 Å². The van der Waals surface area contributed by atoms with Gasteiger partial charge in [0.25, 0.3) is 0 Å². The molecule has 0 unspecified atom stereocenters. The molecule has 9 aromatic rings. The van der Waals surface area contributed by atoms with Gasteiger partial charge in [0.15, 0.2) is 0 Å². The Kier molecular flexibility index (Phi) is 6.76. The Morgan fingerprint density at radius 3 is 1.38 bits per heavy atom. The van der Waals surface area contributed by atoms with E-state index in [2.05, 4.69) is 118 Å². The summed E-state index contributed by atoms with van der Waals surface area (Å²) in [6, 6.07) is 51.3. The third-order valence-corrected chi connectivity index (χ3v) is 9.04. The highest BCUT2D eigenvalue weighted by Crippen LogP contribution is 2.39. The molecule has 5 aromatic carbocycles. The monoisotopic (exact) mass is 612 g/mol. The van der Waals surface area contributed by atoms with Crippen LogP contribution in [0.3, 0.4) is 0 Å². The maximum atomic E-state index is 4.96. The molecule has 4 heteroatoms. The van der Waals surface area contributed by atoms with E-state index in [1.807, 2.05) is 54.9 Å². The minimum absolute atomic E-state index is 0.815. The summed E-state index contributed by atoms with van der Waals surface area (Å²) >= 11 is 0. The fraction of sp³-hybridized carbons (Fsp3) is 0. The van der Waals surface area contributed by atoms with E-state index in [1.165, 1.54) is 43.4 Å². The van der Waals surface area contributed by atoms with Crippen LogP contribution in [-0.2, 0) is 0 Å². The Labute approximate surface area is 278 Å². The van der Waals surface area contributed by atoms with Gasteiger partial charge >= 0.3 is 0 Å². The van der Waals surface area contributed by atoms with Crippen LogP contribution in [0, 0.1) is 0 Å². The molecule has 0 radical (unpaired) electrons. The Bertz CT molecular complexity index is 2520. The van der Waals surface area contributed by atoms with Crippen LogP contribution < -0.4 is 0 Å². The predicted molar refractivity (Wildman–Crippen MR) is 197 cm³/mol. The minimum Gasteiger partial charge on any atom is -0.264 e. The van der Waals surface area contributed by atoms with Crippen LogP contribution >= 0.6 is 0 Å². The quantitative estimate of drug-likeness (QED) is 0.181. The van der Waals surface area contributed by atoms with E-state index in [0.717, 1.165) is 45.0 Å². The van der Waals surface area contributed by atoms with Crippen LogP contribution in [-0.4, -0.2) is 19.9 Å². The van der Waals surface area contributed by atoms with Crippen molar-refractivity contribution >= 4 is 32.3 Å². The first-order valence-electron chi connectivity index (χ1n) is 16.0. The molecule has 4 aromatic heterocycles. The SMILES string of the molecule is c1ccc(-c2cc(-c3cccc(-c4ccc5c6ccc(-c7cccnc7)cc6c6ccccc6c5c4)c3)cc(-c3ccccn3)n2)nc1. The molecular weight excluding hydrogens is 585 g/mol. The highest BCUT2D eigenvalue weighted by Gasteiger charge is 2.14. The molecule has 4 nitrogen and oxygen atoms in total. The van der Waals surface area contributed by atoms with Gasteiger partial charge < -0.3 is 0 Å². The van der Waals surface area contributed by atoms with Crippen molar-refractivity contribution in [1.29, 1.82) is 0 Å². The van der Waals surface area contributed by atoms with Crippen molar-refractivity contribution in [3.8, 4) is 56.2 Å². The summed E-state index contributed by atoms with van der Waals surface area (Å²) < 4.78 is 0. The maximum Gasteiger partial charge on any atom is 0.0900 e. The number of aromatic nitrogens is 4. The number of hydrogen-bond donors (Lipinski definition) is 0. The van der Waals surface area contributed by atoms with Crippen molar-refractivity contribution in [2.24, 2.45) is 0 Å². The van der Waals surface area contributed by atoms with Crippen molar-refractivity contribution in [3.63, 3.8) is 0 Å². The molecular formula is C44H28N4. The zero-order valence-electron chi connectivity index (χ0n) is 26.0. The van der Waals surface area contributed by atoms with Gasteiger partial charge in [0.1, 0.15) is 0 Å². The van der Waals surface area contributed by atoms with Gasteiger partial charge in [-0.05, 0) is 121 Å². The van der Waals surface area contributed by atoms with Gasteiger partial charge in [0.2, 0.25) is 0 Å². The third kappa shape index (κ3) is 4.97. The molecule has 0 amide bonds. The zero-order valence-corrected chi connectivity index (χ0v) is 26.0. The highest BCUT2D eigenvalue weighted by atomic mass is 14.8. The van der Waals surface area contributed by atoms with Gasteiger partial charge in [-0.2, -0.15) is 0 Å². The lowest BCUT2D eigenvalue weighted by atomic mass is 9.90. The molecule has 0 atom stereocenters. The average molecular weight is 613 g/mol. The van der Waals surface area contributed by atoms with Crippen molar-refractivity contribution in [1.82, 2.24) is 19.9 Å². The first-order valence-corrected chi connectivity index (χ1v) is 16.0. The van der Waals surface area contributed by atoms with E-state index in [0.29, 0.717) is 0 Å². The molecule has 0 bridgehead atoms. The lowest BCUT2D eigenvalue weighted by Gasteiger charge is -2.14. The standard InChI is InChI=1S/C44H28N4/c1-2-13-36-35(12-1)39-24-31(16-18-37(39)38-19-17-32(25-40(36)38)33-11-8-20-45-28-33)29-9-7-10-30(23-29)34-26-43(41-14-3-5-21-46-41)48-44(27-34)42-15-4-6-22-47-42/h1-28H. The van der Waals surface area contributed by atoms with Crippen LogP contribution in [0.2, 0.25) is 0 Å². The second-order valence-corrected chi connectivity index (χ2v) is 11.9. The fourth-order valence-corrected chi connectivity index (χ4v) is 6.72. The van der Waals surface area contributed by atoms with E-state index in [-0.39, 0.29) is 0 Å². The van der Waals surface area contributed by atoms with Gasteiger partial charge in [0, 0.05) is 30.4 Å². The van der Waals surface area contributed by atoms with Crippen LogP contribution in [0.1, 0.15) is 0 Å². The fourth-order valence-electron chi connectivity index (χ4n) is 6.72. The summed E-state index contributed by atoms with van der Waals surface area (Å²) in [6.07, 6.45) is 7.35. The van der Waals surface area contributed by atoms with Crippen molar-refractivity contribution in [3.05, 3.63) is 170 Å². The van der Waals surface area contributed by atoms with Crippen molar-refractivity contribution < 1.29 is 0 Å². The van der Waals surface area contributed by atoms with Crippen molar-refractivity contribution in [2.75, 3.05) is 0 Å². The second kappa shape index (κ2) is 11.7. The van der Waals surface area contributed by atoms with Gasteiger partial charge in [-0.15, -0.1) is 0 Å². The van der Waals surface area contributed by atoms with E-state index in [1.54, 1.807) is 12.4 Å². The summed E-state index contributed by atoms with van der Waals surface area (Å²) in [7, 11) is 0. The Hall–Kier alpha value is -6.52. The van der Waals surface area contributed by atoms with Crippen molar-refractivity contribution in [2.45, 2.75) is 0 Å². The second-order valence-electron chi connectivity index (χ2n) is 11.9. The minimum atomic E-state index is 0.815. The van der Waals surface area contributed by atoms with Crippen LogP contribution in [0.25, 0.3) is 88.5 Å². The molecule has 0 N–H and O–H groups in total. The van der Waals surface area contributed by atoms with Gasteiger partial charge in [-0.1, -0.05) is 84.9 Å². The molecule has 0 fully saturated rings. The lowest BCUT2D eigenvalue weighted by Crippen LogP contribution is -1.94. The van der Waals surface area contributed by atoms with E-state index in [4.69, 9.17) is 4.98 Å². The molecule has 224 valence electrons. The molecule has 48 heavy (non-hydrogen) atoms. The van der Waals surface area contributed by atoms with E-state index in [9.17, 15) is 0 Å². The molecule has 9 rings (SSSR count). The molecule has 0 saturated carbocycles. The Morgan fingerprint density at radius 1 is 0.292 bits per heavy atom. The molecule has 0 spiro atoms. The van der Waals surface area contributed by atoms with Gasteiger partial charge in [-0.3, -0.25) is 15.0 Å². The number of benzene rings is 5. The summed E-state index contributed by atoms with van der Waals surface area (Å²) in [5.41, 5.74) is 10.1. The van der Waals surface area contributed by atoms with Gasteiger partial charge in [0.05, 0.1) is 22.8 Å². The zero-order chi connectivity index (χ0) is 31.9. The number of hydrogen-bond acceptors (Lipinski definition) is 4. The first-order chi connectivity index (χ1) is 23.8. The summed E-state index contributed by atoms with van der Waals surface area (Å²) in [4.78, 5) is 18.5. The van der Waals surface area contributed by atoms with Crippen LogP contribution in [0.5, 0.6) is 0 Å². The third-order valence-electron chi connectivity index (χ3n) is 9.04. The lowest BCUT2D eigenvalue weighted by molar-refractivity contribution is 1.22. The van der Waals surface area contributed by atoms with Crippen LogP contribution in [0.15, 0.2) is 170 Å². The predicted octanol–water partition coefficient (Wildman–Crippen LogP) is 11.1. The molecule has 0 aliphatic carbocycles. The van der Waals surface area contributed by atoms with Gasteiger partial charge in [-0.25, -0.2) is 4.98 Å². The maximum absolute atomic E-state index is 4.96. The largest absolute Gasteiger partial charge is 0.264 e. The molecule has 0 aliphatic heterocycles. The normalized spacial score (nSPS) is 11.3. The number of rotatable bonds is 5.